The van der Waals surface area contributed by atoms with Crippen LogP contribution in [0.5, 0.6) is 0 Å². The fraction of sp³-hybridized carbons (Fsp3) is 0.667. The van der Waals surface area contributed by atoms with Gasteiger partial charge in [-0.2, -0.15) is 13.2 Å². The van der Waals surface area contributed by atoms with Gasteiger partial charge in [0, 0.05) is 30.9 Å². The number of carbonyl (C=O) groups is 1. The summed E-state index contributed by atoms with van der Waals surface area (Å²) in [6.45, 7) is 5.41. The normalized spacial score (nSPS) is 18.9. The number of aliphatic hydroxyl groups is 1. The number of hydrogen-bond donors (Lipinski definition) is 1. The minimum atomic E-state index is -4.47. The average molecular weight is 409 g/mol. The van der Waals surface area contributed by atoms with Crippen LogP contribution in [0.3, 0.4) is 0 Å². The maximum Gasteiger partial charge on any atom is 0.410 e. The zero-order valence-corrected chi connectivity index (χ0v) is 16.3. The van der Waals surface area contributed by atoms with Crippen molar-refractivity contribution >= 4 is 17.7 Å². The van der Waals surface area contributed by atoms with Gasteiger partial charge in [0.2, 0.25) is 0 Å². The van der Waals surface area contributed by atoms with E-state index in [1.165, 1.54) is 23.2 Å². The highest BCUT2D eigenvalue weighted by Crippen LogP contribution is 2.43. The molecule has 0 aromatic carbocycles. The van der Waals surface area contributed by atoms with Gasteiger partial charge in [-0.25, -0.2) is 4.79 Å². The molecule has 0 radical (unpaired) electrons. The highest BCUT2D eigenvalue weighted by Gasteiger charge is 2.47. The largest absolute Gasteiger partial charge is 0.444 e. The molecular formula is C18H24ClF3N2O3. The Kier molecular flexibility index (Phi) is 6.31. The van der Waals surface area contributed by atoms with E-state index in [2.05, 4.69) is 4.98 Å². The Morgan fingerprint density at radius 2 is 1.93 bits per heavy atom. The molecular weight excluding hydrogens is 385 g/mol. The van der Waals surface area contributed by atoms with Gasteiger partial charge in [-0.15, -0.1) is 0 Å². The summed E-state index contributed by atoms with van der Waals surface area (Å²) in [5.74, 6) is -1.24. The van der Waals surface area contributed by atoms with E-state index in [4.69, 9.17) is 16.3 Å². The molecule has 2 rings (SSSR count). The maximum atomic E-state index is 13.1. The second kappa shape index (κ2) is 7.83. The standard InChI is InChI=1S/C18H24ClF3N2O3/c1-16(2,3)27-15(25)24-8-6-17(26,7-9-24)13(10-18(20,21)22)14-5-4-12(19)11-23-14/h4-5,11,13,26H,6-10H2,1-3H3/t13-/m1/s1. The SMILES string of the molecule is CC(C)(C)OC(=O)N1CCC(O)([C@H](CC(F)(F)F)c2ccc(Cl)cn2)CC1. The third kappa shape index (κ3) is 6.24. The molecule has 1 fully saturated rings. The molecule has 1 aliphatic heterocycles. The van der Waals surface area contributed by atoms with Crippen molar-refractivity contribution in [3.63, 3.8) is 0 Å². The second-order valence-corrected chi connectivity index (χ2v) is 8.28. The van der Waals surface area contributed by atoms with Gasteiger partial charge >= 0.3 is 12.3 Å². The number of carbonyl (C=O) groups excluding carboxylic acids is 1. The number of ether oxygens (including phenoxy) is 1. The number of amides is 1. The zero-order valence-electron chi connectivity index (χ0n) is 15.5. The number of aromatic nitrogens is 1. The first-order valence-electron chi connectivity index (χ1n) is 8.68. The highest BCUT2D eigenvalue weighted by molar-refractivity contribution is 6.30. The summed E-state index contributed by atoms with van der Waals surface area (Å²) >= 11 is 5.77. The first-order chi connectivity index (χ1) is 12.3. The molecule has 152 valence electrons. The van der Waals surface area contributed by atoms with Crippen LogP contribution in [-0.4, -0.2) is 51.6 Å². The fourth-order valence-corrected chi connectivity index (χ4v) is 3.26. The Bertz CT molecular complexity index is 651. The molecule has 2 heterocycles. The van der Waals surface area contributed by atoms with Crippen molar-refractivity contribution in [2.45, 2.75) is 63.3 Å². The number of piperidine rings is 1. The molecule has 1 saturated heterocycles. The summed E-state index contributed by atoms with van der Waals surface area (Å²) < 4.78 is 44.7. The predicted molar refractivity (Wildman–Crippen MR) is 94.7 cm³/mol. The second-order valence-electron chi connectivity index (χ2n) is 7.84. The van der Waals surface area contributed by atoms with E-state index in [0.29, 0.717) is 5.02 Å². The summed E-state index contributed by atoms with van der Waals surface area (Å²) in [5.41, 5.74) is -2.17. The number of likely N-dealkylation sites (tertiary alicyclic amines) is 1. The van der Waals surface area contributed by atoms with Crippen molar-refractivity contribution in [1.29, 1.82) is 0 Å². The molecule has 1 aromatic rings. The summed E-state index contributed by atoms with van der Waals surface area (Å²) in [6.07, 6.45) is -4.95. The van der Waals surface area contributed by atoms with Crippen molar-refractivity contribution in [3.05, 3.63) is 29.0 Å². The lowest BCUT2D eigenvalue weighted by Gasteiger charge is -2.43. The number of nitrogens with zero attached hydrogens (tertiary/aromatic N) is 2. The van der Waals surface area contributed by atoms with Crippen molar-refractivity contribution in [1.82, 2.24) is 9.88 Å². The van der Waals surface area contributed by atoms with Gasteiger partial charge < -0.3 is 14.7 Å². The number of rotatable bonds is 3. The van der Waals surface area contributed by atoms with Crippen LogP contribution in [0.15, 0.2) is 18.3 Å². The van der Waals surface area contributed by atoms with Gasteiger partial charge in [0.15, 0.2) is 0 Å². The van der Waals surface area contributed by atoms with E-state index < -0.39 is 35.8 Å². The molecule has 1 N–H and O–H groups in total. The molecule has 0 saturated carbocycles. The Morgan fingerprint density at radius 1 is 1.33 bits per heavy atom. The molecule has 1 amide bonds. The minimum Gasteiger partial charge on any atom is -0.444 e. The Morgan fingerprint density at radius 3 is 2.37 bits per heavy atom. The van der Waals surface area contributed by atoms with Gasteiger partial charge in [-0.1, -0.05) is 11.6 Å². The third-order valence-electron chi connectivity index (χ3n) is 4.47. The van der Waals surface area contributed by atoms with Crippen molar-refractivity contribution in [3.8, 4) is 0 Å². The van der Waals surface area contributed by atoms with E-state index >= 15 is 0 Å². The van der Waals surface area contributed by atoms with Crippen LogP contribution in [0.2, 0.25) is 5.02 Å². The Labute approximate surface area is 161 Å². The van der Waals surface area contributed by atoms with E-state index in [9.17, 15) is 23.1 Å². The Hall–Kier alpha value is -1.54. The minimum absolute atomic E-state index is 0.00268. The Balaban J connectivity index is 2.16. The van der Waals surface area contributed by atoms with Crippen LogP contribution in [0, 0.1) is 0 Å². The smallest absolute Gasteiger partial charge is 0.410 e. The quantitative estimate of drug-likeness (QED) is 0.798. The van der Waals surface area contributed by atoms with E-state index in [1.54, 1.807) is 20.8 Å². The average Bonchev–Trinajstić information content (AvgIpc) is 2.52. The summed E-state index contributed by atoms with van der Waals surface area (Å²) in [4.78, 5) is 17.5. The van der Waals surface area contributed by atoms with Crippen molar-refractivity contribution in [2.24, 2.45) is 0 Å². The van der Waals surface area contributed by atoms with Gasteiger partial charge in [0.25, 0.3) is 0 Å². The molecule has 9 heteroatoms. The lowest BCUT2D eigenvalue weighted by molar-refractivity contribution is -0.158. The van der Waals surface area contributed by atoms with Gasteiger partial charge in [0.1, 0.15) is 5.60 Å². The molecule has 27 heavy (non-hydrogen) atoms. The summed E-state index contributed by atoms with van der Waals surface area (Å²) in [6, 6.07) is 2.85. The van der Waals surface area contributed by atoms with Gasteiger partial charge in [-0.3, -0.25) is 4.98 Å². The summed E-state index contributed by atoms with van der Waals surface area (Å²) in [7, 11) is 0. The lowest BCUT2D eigenvalue weighted by atomic mass is 9.75. The molecule has 1 atom stereocenters. The number of pyridine rings is 1. The van der Waals surface area contributed by atoms with E-state index in [0.717, 1.165) is 0 Å². The van der Waals surface area contributed by atoms with Crippen LogP contribution >= 0.6 is 11.6 Å². The molecule has 1 aromatic heterocycles. The van der Waals surface area contributed by atoms with Gasteiger partial charge in [0.05, 0.1) is 17.0 Å². The van der Waals surface area contributed by atoms with E-state index in [1.807, 2.05) is 0 Å². The highest BCUT2D eigenvalue weighted by atomic mass is 35.5. The molecule has 0 unspecified atom stereocenters. The topological polar surface area (TPSA) is 62.7 Å². The first-order valence-corrected chi connectivity index (χ1v) is 9.05. The van der Waals surface area contributed by atoms with Crippen LogP contribution in [0.4, 0.5) is 18.0 Å². The molecule has 0 bridgehead atoms. The maximum absolute atomic E-state index is 13.1. The van der Waals surface area contributed by atoms with Crippen LogP contribution in [-0.2, 0) is 4.74 Å². The monoisotopic (exact) mass is 408 g/mol. The number of halogens is 4. The van der Waals surface area contributed by atoms with Crippen LogP contribution in [0.25, 0.3) is 0 Å². The van der Waals surface area contributed by atoms with Crippen LogP contribution in [0.1, 0.15) is 51.6 Å². The summed E-state index contributed by atoms with van der Waals surface area (Å²) in [5, 5.41) is 11.3. The fourth-order valence-electron chi connectivity index (χ4n) is 3.15. The molecule has 0 spiro atoms. The third-order valence-corrected chi connectivity index (χ3v) is 4.70. The van der Waals surface area contributed by atoms with Crippen molar-refractivity contribution < 1.29 is 27.8 Å². The lowest BCUT2D eigenvalue weighted by Crippen LogP contribution is -2.51. The predicted octanol–water partition coefficient (Wildman–Crippen LogP) is 4.53. The number of alkyl halides is 3. The van der Waals surface area contributed by atoms with Gasteiger partial charge in [-0.05, 0) is 45.7 Å². The van der Waals surface area contributed by atoms with E-state index in [-0.39, 0.29) is 31.6 Å². The van der Waals surface area contributed by atoms with Crippen LogP contribution < -0.4 is 0 Å². The molecule has 1 aliphatic rings. The zero-order chi connectivity index (χ0) is 20.5. The molecule has 0 aliphatic carbocycles. The van der Waals surface area contributed by atoms with Crippen molar-refractivity contribution in [2.75, 3.05) is 13.1 Å². The number of hydrogen-bond acceptors (Lipinski definition) is 4. The first kappa shape index (κ1) is 21.8. The molecule has 5 nitrogen and oxygen atoms in total.